The van der Waals surface area contributed by atoms with Crippen molar-refractivity contribution < 1.29 is 33.9 Å². The largest absolute Gasteiger partial charge is 0.481 e. The Morgan fingerprint density at radius 2 is 1.24 bits per heavy atom. The van der Waals surface area contributed by atoms with Gasteiger partial charge in [0.25, 0.3) is 11.8 Å². The predicted octanol–water partition coefficient (Wildman–Crippen LogP) is 1.20. The molecule has 0 fully saturated rings. The van der Waals surface area contributed by atoms with Gasteiger partial charge in [-0.1, -0.05) is 25.3 Å². The molecule has 12 heteroatoms. The van der Waals surface area contributed by atoms with Crippen LogP contribution in [0.1, 0.15) is 91.3 Å². The number of benzene rings is 1. The van der Waals surface area contributed by atoms with Gasteiger partial charge in [0.05, 0.1) is 13.3 Å². The van der Waals surface area contributed by atoms with Gasteiger partial charge in [0, 0.05) is 36.9 Å². The molecule has 0 saturated carbocycles. The number of hydrogen-bond donors (Lipinski definition) is 6. The van der Waals surface area contributed by atoms with Gasteiger partial charge in [-0.2, -0.15) is 0 Å². The van der Waals surface area contributed by atoms with Crippen molar-refractivity contribution in [1.29, 1.82) is 0 Å². The van der Waals surface area contributed by atoms with Crippen LogP contribution in [0.5, 0.6) is 0 Å². The summed E-state index contributed by atoms with van der Waals surface area (Å²) in [6, 6.07) is 6.03. The fraction of sp³-hybridized carbons (Fsp3) is 0.538. The van der Waals surface area contributed by atoms with Crippen LogP contribution in [0.15, 0.2) is 24.3 Å². The number of Topliss-reactive ketones (excluding diaryl/α,β-unsaturated/α-hetero) is 1. The Kier molecular flexibility index (Phi) is 16.4. The summed E-state index contributed by atoms with van der Waals surface area (Å²) in [7, 11) is 0. The second-order valence-electron chi connectivity index (χ2n) is 8.76. The molecule has 0 aliphatic heterocycles. The molecule has 1 aromatic rings. The van der Waals surface area contributed by atoms with Gasteiger partial charge in [-0.15, -0.1) is 0 Å². The number of carboxylic acid groups (broad SMARTS) is 1. The highest BCUT2D eigenvalue weighted by atomic mass is 16.4. The number of carbonyl (C=O) groups excluding carboxylic acids is 5. The number of aliphatic carboxylic acids is 1. The monoisotopic (exact) mass is 533 g/mol. The van der Waals surface area contributed by atoms with Crippen LogP contribution in [0.4, 0.5) is 0 Å². The second kappa shape index (κ2) is 19.3. The molecule has 0 radical (unpaired) electrons. The maximum Gasteiger partial charge on any atom is 0.303 e. The third kappa shape index (κ3) is 15.3. The van der Waals surface area contributed by atoms with Gasteiger partial charge >= 0.3 is 5.97 Å². The van der Waals surface area contributed by atoms with Crippen LogP contribution in [0, 0.1) is 0 Å². The minimum Gasteiger partial charge on any atom is -0.481 e. The van der Waals surface area contributed by atoms with E-state index in [1.54, 1.807) is 12.1 Å². The van der Waals surface area contributed by atoms with E-state index in [2.05, 4.69) is 21.3 Å². The number of amides is 4. The standard InChI is InChI=1S/C26H39N5O7/c27-17-29-25(37)19-9-8-10-20(15-19)26(38)31-18-30-23(34)16-22(33)28-14-7-3-1-2-4-11-21(32)12-5-6-13-24(35)36/h8-10,15H,1-7,11-14,16-18,27H2,(H,28,33)(H,29,37)(H,30,34)(H,31,38)(H,35,36). The molecule has 4 amide bonds. The summed E-state index contributed by atoms with van der Waals surface area (Å²) in [5.74, 6) is -2.52. The molecule has 0 aliphatic carbocycles. The summed E-state index contributed by atoms with van der Waals surface area (Å²) in [6.07, 6.45) is 6.12. The van der Waals surface area contributed by atoms with E-state index in [4.69, 9.17) is 10.8 Å². The third-order valence-corrected chi connectivity index (χ3v) is 5.56. The maximum absolute atomic E-state index is 12.2. The van der Waals surface area contributed by atoms with E-state index in [1.165, 1.54) is 12.1 Å². The third-order valence-electron chi connectivity index (χ3n) is 5.56. The van der Waals surface area contributed by atoms with Crippen molar-refractivity contribution in [3.05, 3.63) is 35.4 Å². The zero-order valence-corrected chi connectivity index (χ0v) is 21.7. The first kappa shape index (κ1) is 32.2. The summed E-state index contributed by atoms with van der Waals surface area (Å²) in [6.45, 7) is 0.243. The summed E-state index contributed by atoms with van der Waals surface area (Å²) < 4.78 is 0. The highest BCUT2D eigenvalue weighted by molar-refractivity contribution is 6.00. The number of ketones is 1. The highest BCUT2D eigenvalue weighted by Crippen LogP contribution is 2.09. The number of nitrogens with one attached hydrogen (secondary N) is 4. The van der Waals surface area contributed by atoms with E-state index in [9.17, 15) is 28.8 Å². The molecule has 12 nitrogen and oxygen atoms in total. The summed E-state index contributed by atoms with van der Waals surface area (Å²) in [4.78, 5) is 70.0. The lowest BCUT2D eigenvalue weighted by Crippen LogP contribution is -2.39. The quantitative estimate of drug-likeness (QED) is 0.0816. The van der Waals surface area contributed by atoms with Gasteiger partial charge in [-0.05, 0) is 43.9 Å². The van der Waals surface area contributed by atoms with E-state index in [1.807, 2.05) is 0 Å². The molecular weight excluding hydrogens is 494 g/mol. The lowest BCUT2D eigenvalue weighted by molar-refractivity contribution is -0.137. The Balaban J connectivity index is 2.08. The van der Waals surface area contributed by atoms with Crippen molar-refractivity contribution in [1.82, 2.24) is 21.3 Å². The van der Waals surface area contributed by atoms with Gasteiger partial charge < -0.3 is 32.1 Å². The minimum absolute atomic E-state index is 0.0288. The van der Waals surface area contributed by atoms with Gasteiger partial charge in [-0.25, -0.2) is 0 Å². The van der Waals surface area contributed by atoms with Gasteiger partial charge in [0.2, 0.25) is 11.8 Å². The number of rotatable bonds is 20. The zero-order chi connectivity index (χ0) is 28.2. The Bertz CT molecular complexity index is 952. The van der Waals surface area contributed by atoms with E-state index >= 15 is 0 Å². The predicted molar refractivity (Wildman–Crippen MR) is 140 cm³/mol. The fourth-order valence-electron chi connectivity index (χ4n) is 3.52. The van der Waals surface area contributed by atoms with Crippen molar-refractivity contribution >= 4 is 35.4 Å². The first-order valence-electron chi connectivity index (χ1n) is 12.9. The molecule has 0 aliphatic rings. The molecule has 0 spiro atoms. The Hall–Kier alpha value is -3.80. The van der Waals surface area contributed by atoms with Crippen molar-refractivity contribution in [2.45, 2.75) is 70.6 Å². The van der Waals surface area contributed by atoms with E-state index in [0.717, 1.165) is 32.1 Å². The summed E-state index contributed by atoms with van der Waals surface area (Å²) in [5, 5.41) is 18.6. The number of unbranched alkanes of at least 4 members (excludes halogenated alkanes) is 5. The van der Waals surface area contributed by atoms with Crippen molar-refractivity contribution in [2.75, 3.05) is 19.9 Å². The van der Waals surface area contributed by atoms with Gasteiger partial charge in [-0.3, -0.25) is 28.8 Å². The Labute approximate surface area is 222 Å². The topological polar surface area (TPSA) is 197 Å². The highest BCUT2D eigenvalue weighted by Gasteiger charge is 2.12. The molecule has 0 aromatic heterocycles. The van der Waals surface area contributed by atoms with Crippen LogP contribution < -0.4 is 27.0 Å². The molecular formula is C26H39N5O7. The normalized spacial score (nSPS) is 10.3. The van der Waals surface area contributed by atoms with E-state index in [-0.39, 0.29) is 43.1 Å². The lowest BCUT2D eigenvalue weighted by Gasteiger charge is -2.09. The maximum atomic E-state index is 12.2. The van der Waals surface area contributed by atoms with Crippen LogP contribution >= 0.6 is 0 Å². The summed E-state index contributed by atoms with van der Waals surface area (Å²) in [5.41, 5.74) is 5.79. The van der Waals surface area contributed by atoms with Crippen molar-refractivity contribution in [3.63, 3.8) is 0 Å². The molecule has 0 saturated heterocycles. The first-order chi connectivity index (χ1) is 18.2. The number of hydrogen-bond acceptors (Lipinski definition) is 7. The minimum atomic E-state index is -0.839. The summed E-state index contributed by atoms with van der Waals surface area (Å²) >= 11 is 0. The lowest BCUT2D eigenvalue weighted by atomic mass is 10.0. The van der Waals surface area contributed by atoms with Crippen LogP contribution in [-0.2, 0) is 19.2 Å². The Morgan fingerprint density at radius 1 is 0.684 bits per heavy atom. The second-order valence-corrected chi connectivity index (χ2v) is 8.76. The first-order valence-corrected chi connectivity index (χ1v) is 12.9. The number of nitrogens with two attached hydrogens (primary N) is 1. The van der Waals surface area contributed by atoms with Gasteiger partial charge in [0.15, 0.2) is 0 Å². The van der Waals surface area contributed by atoms with E-state index < -0.39 is 29.6 Å². The van der Waals surface area contributed by atoms with Crippen LogP contribution in [-0.4, -0.2) is 60.4 Å². The van der Waals surface area contributed by atoms with Crippen LogP contribution in [0.25, 0.3) is 0 Å². The molecule has 0 bridgehead atoms. The zero-order valence-electron chi connectivity index (χ0n) is 21.7. The number of carbonyl (C=O) groups is 6. The smallest absolute Gasteiger partial charge is 0.303 e. The van der Waals surface area contributed by atoms with Gasteiger partial charge in [0.1, 0.15) is 12.2 Å². The van der Waals surface area contributed by atoms with E-state index in [0.29, 0.717) is 32.2 Å². The fourth-order valence-corrected chi connectivity index (χ4v) is 3.52. The Morgan fingerprint density at radius 3 is 1.89 bits per heavy atom. The van der Waals surface area contributed by atoms with Crippen molar-refractivity contribution in [3.8, 4) is 0 Å². The average molecular weight is 534 g/mol. The molecule has 1 aromatic carbocycles. The molecule has 38 heavy (non-hydrogen) atoms. The molecule has 0 atom stereocenters. The number of carboxylic acids is 1. The SMILES string of the molecule is NCNC(=O)c1cccc(C(=O)NCNC(=O)CC(=O)NCCCCCCCC(=O)CCCCC(=O)O)c1. The van der Waals surface area contributed by atoms with Crippen LogP contribution in [0.2, 0.25) is 0 Å². The molecule has 210 valence electrons. The molecule has 1 rings (SSSR count). The average Bonchev–Trinajstić information content (AvgIpc) is 2.88. The van der Waals surface area contributed by atoms with Crippen LogP contribution in [0.3, 0.4) is 0 Å². The molecule has 0 heterocycles. The van der Waals surface area contributed by atoms with Crippen molar-refractivity contribution in [2.24, 2.45) is 5.73 Å². The molecule has 7 N–H and O–H groups in total. The molecule has 0 unspecified atom stereocenters.